The number of esters is 1. The van der Waals surface area contributed by atoms with Crippen molar-refractivity contribution in [1.82, 2.24) is 10.2 Å². The standard InChI is InChI=1S/C32H43N3O6/c1-4-17-35(27-11-6-7-12-27)20-28-22(3)30(24-15-13-23(21-36)14-16-24)41-31(40-28)25-9-8-10-26(18-25)34-32(38)33-19-29(37)39-5-2/h4,8-10,13-16,18,22,27-28,30-31,36H,1,5-7,11-12,17,19-21H2,2-3H3,(H2,33,34,38)/t22-,28+,30+,31+/m1/s1. The maximum absolute atomic E-state index is 12.4. The number of aliphatic hydroxyl groups is 1. The Morgan fingerprint density at radius 2 is 1.88 bits per heavy atom. The number of anilines is 1. The summed E-state index contributed by atoms with van der Waals surface area (Å²) in [4.78, 5) is 26.4. The highest BCUT2D eigenvalue weighted by Crippen LogP contribution is 2.42. The summed E-state index contributed by atoms with van der Waals surface area (Å²) in [7, 11) is 0. The van der Waals surface area contributed by atoms with Crippen LogP contribution in [0.25, 0.3) is 0 Å². The lowest BCUT2D eigenvalue weighted by Gasteiger charge is -2.43. The topological polar surface area (TPSA) is 109 Å². The third-order valence-electron chi connectivity index (χ3n) is 7.86. The van der Waals surface area contributed by atoms with Crippen LogP contribution in [-0.2, 0) is 25.6 Å². The summed E-state index contributed by atoms with van der Waals surface area (Å²) in [6.45, 7) is 9.47. The Kier molecular flexibility index (Phi) is 11.3. The van der Waals surface area contributed by atoms with E-state index in [0.717, 1.165) is 29.8 Å². The number of hydrogen-bond donors (Lipinski definition) is 3. The summed E-state index contributed by atoms with van der Waals surface area (Å²) in [5.41, 5.74) is 3.20. The van der Waals surface area contributed by atoms with Gasteiger partial charge < -0.3 is 30.0 Å². The number of nitrogens with one attached hydrogen (secondary N) is 2. The van der Waals surface area contributed by atoms with Gasteiger partial charge in [-0.2, -0.15) is 0 Å². The van der Waals surface area contributed by atoms with Crippen LogP contribution in [0.5, 0.6) is 0 Å². The number of aliphatic hydroxyl groups excluding tert-OH is 1. The first-order valence-corrected chi connectivity index (χ1v) is 14.6. The maximum Gasteiger partial charge on any atom is 0.325 e. The average molecular weight is 566 g/mol. The van der Waals surface area contributed by atoms with Gasteiger partial charge in [-0.3, -0.25) is 9.69 Å². The fraction of sp³-hybridized carbons (Fsp3) is 0.500. The minimum atomic E-state index is -0.655. The molecule has 2 aromatic carbocycles. The second-order valence-electron chi connectivity index (χ2n) is 10.7. The van der Waals surface area contributed by atoms with E-state index in [1.54, 1.807) is 13.0 Å². The molecule has 0 spiro atoms. The fourth-order valence-electron chi connectivity index (χ4n) is 5.67. The molecule has 2 aliphatic rings. The first-order chi connectivity index (χ1) is 19.9. The van der Waals surface area contributed by atoms with Crippen LogP contribution >= 0.6 is 0 Å². The summed E-state index contributed by atoms with van der Waals surface area (Å²) < 4.78 is 18.1. The molecule has 1 aliphatic heterocycles. The van der Waals surface area contributed by atoms with Crippen molar-refractivity contribution in [2.24, 2.45) is 5.92 Å². The van der Waals surface area contributed by atoms with Crippen LogP contribution in [0.2, 0.25) is 0 Å². The summed E-state index contributed by atoms with van der Waals surface area (Å²) in [6, 6.07) is 15.2. The van der Waals surface area contributed by atoms with Crippen molar-refractivity contribution in [2.75, 3.05) is 31.6 Å². The lowest BCUT2D eigenvalue weighted by Crippen LogP contribution is -2.47. The smallest absolute Gasteiger partial charge is 0.325 e. The van der Waals surface area contributed by atoms with Crippen molar-refractivity contribution in [1.29, 1.82) is 0 Å². The molecule has 9 heteroatoms. The zero-order valence-corrected chi connectivity index (χ0v) is 24.1. The zero-order valence-electron chi connectivity index (χ0n) is 24.1. The number of hydrogen-bond acceptors (Lipinski definition) is 7. The highest BCUT2D eigenvalue weighted by Gasteiger charge is 2.40. The third kappa shape index (κ3) is 8.39. The minimum Gasteiger partial charge on any atom is -0.465 e. The van der Waals surface area contributed by atoms with Gasteiger partial charge in [0.1, 0.15) is 6.54 Å². The zero-order chi connectivity index (χ0) is 29.2. The van der Waals surface area contributed by atoms with Crippen LogP contribution in [0.4, 0.5) is 10.5 Å². The Hall–Kier alpha value is -3.24. The molecular weight excluding hydrogens is 522 g/mol. The molecule has 1 saturated carbocycles. The van der Waals surface area contributed by atoms with Crippen molar-refractivity contribution in [3.8, 4) is 0 Å². The number of amides is 2. The fourth-order valence-corrected chi connectivity index (χ4v) is 5.67. The normalized spacial score (nSPS) is 22.8. The molecule has 2 amide bonds. The van der Waals surface area contributed by atoms with Crippen LogP contribution in [0, 0.1) is 5.92 Å². The average Bonchev–Trinajstić information content (AvgIpc) is 3.52. The van der Waals surface area contributed by atoms with Crippen LogP contribution in [0.1, 0.15) is 68.6 Å². The summed E-state index contributed by atoms with van der Waals surface area (Å²) >= 11 is 0. The summed E-state index contributed by atoms with van der Waals surface area (Å²) in [5, 5.41) is 14.8. The van der Waals surface area contributed by atoms with Gasteiger partial charge in [-0.1, -0.05) is 62.2 Å². The van der Waals surface area contributed by atoms with Gasteiger partial charge in [-0.15, -0.1) is 6.58 Å². The van der Waals surface area contributed by atoms with E-state index in [-0.39, 0.29) is 37.9 Å². The largest absolute Gasteiger partial charge is 0.465 e. The Labute approximate surface area is 242 Å². The van der Waals surface area contributed by atoms with E-state index in [1.165, 1.54) is 25.7 Å². The number of urea groups is 1. The highest BCUT2D eigenvalue weighted by molar-refractivity contribution is 5.91. The second kappa shape index (κ2) is 15.1. The minimum absolute atomic E-state index is 0.0131. The molecule has 0 bridgehead atoms. The highest BCUT2D eigenvalue weighted by atomic mass is 16.7. The monoisotopic (exact) mass is 565 g/mol. The van der Waals surface area contributed by atoms with E-state index in [1.807, 2.05) is 48.5 Å². The van der Waals surface area contributed by atoms with Gasteiger partial charge in [-0.05, 0) is 43.0 Å². The first kappa shape index (κ1) is 30.7. The van der Waals surface area contributed by atoms with Gasteiger partial charge in [0.2, 0.25) is 0 Å². The molecule has 0 radical (unpaired) electrons. The lowest BCUT2D eigenvalue weighted by atomic mass is 9.89. The molecule has 4 rings (SSSR count). The molecule has 222 valence electrons. The molecule has 41 heavy (non-hydrogen) atoms. The van der Waals surface area contributed by atoms with Gasteiger partial charge in [-0.25, -0.2) is 4.79 Å². The van der Waals surface area contributed by atoms with Crippen molar-refractivity contribution in [3.63, 3.8) is 0 Å². The number of nitrogens with zero attached hydrogens (tertiary/aromatic N) is 1. The molecule has 1 saturated heterocycles. The molecular formula is C32H43N3O6. The van der Waals surface area contributed by atoms with E-state index in [4.69, 9.17) is 14.2 Å². The van der Waals surface area contributed by atoms with Gasteiger partial charge >= 0.3 is 12.0 Å². The van der Waals surface area contributed by atoms with Crippen LogP contribution in [-0.4, -0.2) is 60.4 Å². The van der Waals surface area contributed by atoms with E-state index in [2.05, 4.69) is 29.0 Å². The Balaban J connectivity index is 1.54. The SMILES string of the molecule is C=CCN(C[C@@H]1O[C@H](c2cccc(NC(=O)NCC(=O)OCC)c2)O[C@H](c2ccc(CO)cc2)[C@@H]1C)C1CCCC1. The van der Waals surface area contributed by atoms with Crippen molar-refractivity contribution in [3.05, 3.63) is 77.9 Å². The van der Waals surface area contributed by atoms with Crippen molar-refractivity contribution in [2.45, 2.75) is 70.7 Å². The molecule has 1 heterocycles. The molecule has 0 unspecified atom stereocenters. The number of carbonyl (C=O) groups is 2. The number of ether oxygens (including phenoxy) is 3. The van der Waals surface area contributed by atoms with E-state index in [0.29, 0.717) is 11.7 Å². The lowest BCUT2D eigenvalue weighted by molar-refractivity contribution is -0.276. The predicted molar refractivity (Wildman–Crippen MR) is 157 cm³/mol. The Morgan fingerprint density at radius 3 is 2.56 bits per heavy atom. The van der Waals surface area contributed by atoms with Gasteiger partial charge in [0.15, 0.2) is 6.29 Å². The molecule has 3 N–H and O–H groups in total. The molecule has 1 aliphatic carbocycles. The first-order valence-electron chi connectivity index (χ1n) is 14.6. The summed E-state index contributed by atoms with van der Waals surface area (Å²) in [5.74, 6) is -0.434. The predicted octanol–water partition coefficient (Wildman–Crippen LogP) is 5.09. The summed E-state index contributed by atoms with van der Waals surface area (Å²) in [6.07, 6.45) is 5.84. The number of rotatable bonds is 12. The molecule has 2 fully saturated rings. The van der Waals surface area contributed by atoms with Gasteiger partial charge in [0.25, 0.3) is 0 Å². The number of carbonyl (C=O) groups excluding carboxylic acids is 2. The van der Waals surface area contributed by atoms with E-state index >= 15 is 0 Å². The molecule has 2 aromatic rings. The van der Waals surface area contributed by atoms with Crippen LogP contribution in [0.15, 0.2) is 61.2 Å². The van der Waals surface area contributed by atoms with Gasteiger partial charge in [0, 0.05) is 36.3 Å². The molecule has 9 nitrogen and oxygen atoms in total. The van der Waals surface area contributed by atoms with E-state index in [9.17, 15) is 14.7 Å². The van der Waals surface area contributed by atoms with Crippen LogP contribution in [0.3, 0.4) is 0 Å². The quantitative estimate of drug-likeness (QED) is 0.243. The third-order valence-corrected chi connectivity index (χ3v) is 7.86. The van der Waals surface area contributed by atoms with Crippen molar-refractivity contribution >= 4 is 17.7 Å². The maximum atomic E-state index is 12.4. The second-order valence-corrected chi connectivity index (χ2v) is 10.7. The number of benzene rings is 2. The molecule has 0 aromatic heterocycles. The van der Waals surface area contributed by atoms with Gasteiger partial charge in [0.05, 0.1) is 25.4 Å². The Bertz CT molecular complexity index is 1150. The van der Waals surface area contributed by atoms with Crippen molar-refractivity contribution < 1.29 is 28.9 Å². The van der Waals surface area contributed by atoms with Crippen LogP contribution < -0.4 is 10.6 Å². The molecule has 4 atom stereocenters. The Morgan fingerprint density at radius 1 is 1.12 bits per heavy atom. The van der Waals surface area contributed by atoms with E-state index < -0.39 is 18.3 Å².